The molecule has 0 aromatic heterocycles. The van der Waals surface area contributed by atoms with Crippen LogP contribution in [0, 0.1) is 0 Å². The minimum absolute atomic E-state index is 0.542. The summed E-state index contributed by atoms with van der Waals surface area (Å²) in [7, 11) is -22.2. The Morgan fingerprint density at radius 3 is 0.333 bits per heavy atom. The van der Waals surface area contributed by atoms with Gasteiger partial charge in [-0.1, -0.05) is 125 Å². The minimum atomic E-state index is -3.70. The second kappa shape index (κ2) is 8.35. The molecule has 15 heteroatoms. The van der Waals surface area contributed by atoms with E-state index in [-0.39, 0.29) is 0 Å². The SMILES string of the molecule is CC(C)(C)[Si]12O[Si]3(C(C)(C)C)O[Si](C(C)(C)C)(O1)O[Si]1(C(C)(C)C)O[Si](C(C)(C)C)(O[Si](C(C)(C)C)(O1)O3)O2. The van der Waals surface area contributed by atoms with Crippen LogP contribution >= 0.6 is 0 Å². The standard InChI is InChI=1S/C24H54O9Si6/c1-19(2,3)34-25-35(20(4,5)6)27-36(26-34,21(7,8)9)33-39(24(16,17)18)29-37(31-34,22(10,11)12)28-38(30-39,32-35)23(13,14)15/h1-18H3. The van der Waals surface area contributed by atoms with Crippen molar-refractivity contribution in [3.63, 3.8) is 0 Å². The van der Waals surface area contributed by atoms with Gasteiger partial charge in [-0.2, -0.15) is 0 Å². The molecule has 0 saturated carbocycles. The lowest BCUT2D eigenvalue weighted by atomic mass is 10.3. The summed E-state index contributed by atoms with van der Waals surface area (Å²) in [4.78, 5) is 0. The normalized spacial score (nSPS) is 43.8. The first-order chi connectivity index (χ1) is 16.9. The molecule has 5 heterocycles. The highest BCUT2D eigenvalue weighted by Gasteiger charge is 2.90. The van der Waals surface area contributed by atoms with E-state index in [1.165, 1.54) is 0 Å². The lowest BCUT2D eigenvalue weighted by Gasteiger charge is -2.71. The molecule has 5 aliphatic rings. The monoisotopic (exact) mass is 654 g/mol. The zero-order chi connectivity index (χ0) is 30.4. The molecule has 9 nitrogen and oxygen atoms in total. The predicted octanol–water partition coefficient (Wildman–Crippen LogP) is 7.62. The second-order valence-electron chi connectivity index (χ2n) is 17.8. The van der Waals surface area contributed by atoms with E-state index in [4.69, 9.17) is 37.0 Å². The van der Waals surface area contributed by atoms with Gasteiger partial charge in [0.15, 0.2) is 0 Å². The number of hydrogen-bond acceptors (Lipinski definition) is 9. The lowest BCUT2D eigenvalue weighted by molar-refractivity contribution is -0.0662. The van der Waals surface area contributed by atoms with Crippen LogP contribution in [0.15, 0.2) is 0 Å². The molecular formula is C24H54O9Si6. The topological polar surface area (TPSA) is 83.1 Å². The van der Waals surface area contributed by atoms with Gasteiger partial charge in [-0.25, -0.2) is 0 Å². The Balaban J connectivity index is 2.25. The van der Waals surface area contributed by atoms with Gasteiger partial charge in [-0.3, -0.25) is 0 Å². The Morgan fingerprint density at radius 2 is 0.282 bits per heavy atom. The van der Waals surface area contributed by atoms with Crippen molar-refractivity contribution in [2.24, 2.45) is 0 Å². The Morgan fingerprint density at radius 1 is 0.205 bits per heavy atom. The third-order valence-corrected chi connectivity index (χ3v) is 38.3. The van der Waals surface area contributed by atoms with E-state index in [0.29, 0.717) is 0 Å². The summed E-state index contributed by atoms with van der Waals surface area (Å²) in [6.07, 6.45) is 0. The molecule has 5 aliphatic heterocycles. The molecule has 228 valence electrons. The van der Waals surface area contributed by atoms with Crippen molar-refractivity contribution in [2.45, 2.75) is 155 Å². The van der Waals surface area contributed by atoms with Crippen LogP contribution in [0.4, 0.5) is 0 Å². The molecule has 5 rings (SSSR count). The largest absolute Gasteiger partial charge is 0.484 e. The Kier molecular flexibility index (Phi) is 7.03. The smallest absolute Gasteiger partial charge is 0.373 e. The van der Waals surface area contributed by atoms with Gasteiger partial charge < -0.3 is 37.0 Å². The number of hydrogen-bond donors (Lipinski definition) is 0. The maximum atomic E-state index is 7.53. The molecule has 0 N–H and O–H groups in total. The van der Waals surface area contributed by atoms with Crippen molar-refractivity contribution in [2.75, 3.05) is 0 Å². The third kappa shape index (κ3) is 4.48. The van der Waals surface area contributed by atoms with Gasteiger partial charge in [0.1, 0.15) is 0 Å². The molecule has 5 saturated heterocycles. The average molecular weight is 655 g/mol. The van der Waals surface area contributed by atoms with E-state index in [0.717, 1.165) is 0 Å². The van der Waals surface area contributed by atoms with Crippen LogP contribution in [0.5, 0.6) is 0 Å². The molecule has 5 fully saturated rings. The zero-order valence-electron chi connectivity index (χ0n) is 27.7. The Hall–Kier alpha value is 0.941. The molecule has 0 atom stereocenters. The average Bonchev–Trinajstić information content (AvgIpc) is 2.60. The summed E-state index contributed by atoms with van der Waals surface area (Å²) < 4.78 is 66.6. The second-order valence-corrected chi connectivity index (χ2v) is 40.8. The van der Waals surface area contributed by atoms with Gasteiger partial charge in [0.2, 0.25) is 0 Å². The zero-order valence-corrected chi connectivity index (χ0v) is 33.7. The van der Waals surface area contributed by atoms with E-state index in [1.54, 1.807) is 0 Å². The maximum absolute atomic E-state index is 7.53. The fourth-order valence-electron chi connectivity index (χ4n) is 4.72. The Bertz CT molecular complexity index is 792. The first-order valence-electron chi connectivity index (χ1n) is 14.2. The van der Waals surface area contributed by atoms with E-state index in [9.17, 15) is 0 Å². The molecule has 39 heavy (non-hydrogen) atoms. The van der Waals surface area contributed by atoms with Crippen molar-refractivity contribution in [3.05, 3.63) is 0 Å². The van der Waals surface area contributed by atoms with Crippen LogP contribution in [0.1, 0.15) is 125 Å². The van der Waals surface area contributed by atoms with Crippen molar-refractivity contribution in [1.82, 2.24) is 0 Å². The third-order valence-electron chi connectivity index (χ3n) is 7.93. The van der Waals surface area contributed by atoms with Crippen LogP contribution < -0.4 is 0 Å². The summed E-state index contributed by atoms with van der Waals surface area (Å²) in [5.41, 5.74) is 0. The molecule has 0 unspecified atom stereocenters. The van der Waals surface area contributed by atoms with Crippen LogP contribution in [0.2, 0.25) is 30.2 Å². The highest BCUT2D eigenvalue weighted by atomic mass is 28.6. The highest BCUT2D eigenvalue weighted by molar-refractivity contribution is 7.05. The van der Waals surface area contributed by atoms with E-state index >= 15 is 0 Å². The van der Waals surface area contributed by atoms with Crippen LogP contribution in [-0.2, 0) is 37.0 Å². The molecule has 0 amide bonds. The summed E-state index contributed by atoms with van der Waals surface area (Å²) in [5.74, 6) is 0. The summed E-state index contributed by atoms with van der Waals surface area (Å²) in [5, 5.41) is -3.25. The molecular weight excluding hydrogens is 601 g/mol. The van der Waals surface area contributed by atoms with Crippen LogP contribution in [0.3, 0.4) is 0 Å². The van der Waals surface area contributed by atoms with Gasteiger partial charge in [0, 0.05) is 30.2 Å². The molecule has 0 aromatic rings. The van der Waals surface area contributed by atoms with Crippen LogP contribution in [0.25, 0.3) is 0 Å². The quantitative estimate of drug-likeness (QED) is 0.245. The van der Waals surface area contributed by atoms with Gasteiger partial charge in [-0.15, -0.1) is 0 Å². The lowest BCUT2D eigenvalue weighted by Crippen LogP contribution is -2.93. The maximum Gasteiger partial charge on any atom is 0.484 e. The first-order valence-corrected chi connectivity index (χ1v) is 24.5. The van der Waals surface area contributed by atoms with Crippen molar-refractivity contribution < 1.29 is 37.0 Å². The highest BCUT2D eigenvalue weighted by Crippen LogP contribution is 2.67. The van der Waals surface area contributed by atoms with Gasteiger partial charge in [0.05, 0.1) is 0 Å². The molecule has 0 aromatic carbocycles. The Labute approximate surface area is 244 Å². The van der Waals surface area contributed by atoms with E-state index < -0.39 is 83.1 Å². The summed E-state index contributed by atoms with van der Waals surface area (Å²) in [6.45, 7) is 38.1. The van der Waals surface area contributed by atoms with Gasteiger partial charge in [-0.05, 0) is 0 Å². The van der Waals surface area contributed by atoms with Gasteiger partial charge in [0.25, 0.3) is 0 Å². The van der Waals surface area contributed by atoms with Crippen LogP contribution in [-0.4, -0.2) is 52.8 Å². The predicted molar refractivity (Wildman–Crippen MR) is 163 cm³/mol. The molecule has 6 bridgehead atoms. The van der Waals surface area contributed by atoms with Crippen molar-refractivity contribution >= 4 is 52.8 Å². The van der Waals surface area contributed by atoms with E-state index in [2.05, 4.69) is 125 Å². The fourth-order valence-corrected chi connectivity index (χ4v) is 49.3. The molecule has 0 spiro atoms. The minimum Gasteiger partial charge on any atom is -0.373 e. The first kappa shape index (κ1) is 32.8. The summed E-state index contributed by atoms with van der Waals surface area (Å²) in [6, 6.07) is 0. The molecule has 0 aliphatic carbocycles. The number of rotatable bonds is 0. The van der Waals surface area contributed by atoms with Gasteiger partial charge >= 0.3 is 52.8 Å². The van der Waals surface area contributed by atoms with Crippen molar-refractivity contribution in [1.29, 1.82) is 0 Å². The fraction of sp³-hybridized carbons (Fsp3) is 1.00. The summed E-state index contributed by atoms with van der Waals surface area (Å²) >= 11 is 0. The van der Waals surface area contributed by atoms with Crippen molar-refractivity contribution in [3.8, 4) is 0 Å². The van der Waals surface area contributed by atoms with E-state index in [1.807, 2.05) is 0 Å². The molecule has 0 radical (unpaired) electrons.